The Kier molecular flexibility index (Phi) is 1.61. The molecule has 0 saturated heterocycles. The first kappa shape index (κ1) is 5.02. The Hall–Kier alpha value is -0.130. The molecule has 0 aromatic heterocycles. The first-order valence-electron chi connectivity index (χ1n) is 2.18. The summed E-state index contributed by atoms with van der Waals surface area (Å²) < 4.78 is 0. The molecule has 0 amide bonds. The monoisotopic (exact) mass is 114 g/mol. The number of hydrogen-bond donors (Lipinski definition) is 1. The molecule has 0 aromatic carbocycles. The lowest BCUT2D eigenvalue weighted by atomic mass is 10.5. The summed E-state index contributed by atoms with van der Waals surface area (Å²) in [4.78, 5) is 8.84. The van der Waals surface area contributed by atoms with E-state index in [1.165, 1.54) is 0 Å². The maximum Gasteiger partial charge on any atom is 0.0528 e. The van der Waals surface area contributed by atoms with Crippen molar-refractivity contribution in [3.63, 3.8) is 0 Å². The van der Waals surface area contributed by atoms with E-state index in [1.807, 2.05) is 24.0 Å². The Balaban J connectivity index is 2.49. The quantitative estimate of drug-likeness (QED) is 0.472. The van der Waals surface area contributed by atoms with Gasteiger partial charge in [-0.2, -0.15) is 0 Å². The van der Waals surface area contributed by atoms with Crippen molar-refractivity contribution in [3.05, 3.63) is 24.0 Å². The van der Waals surface area contributed by atoms with Gasteiger partial charge in [0.1, 0.15) is 0 Å². The first-order chi connectivity index (χ1) is 3.39. The Morgan fingerprint density at radius 3 is 2.57 bits per heavy atom. The van der Waals surface area contributed by atoms with Crippen molar-refractivity contribution >= 4 is 8.15 Å². The molecule has 38 valence electrons. The lowest BCUT2D eigenvalue weighted by molar-refractivity contribution is 0.636. The summed E-state index contributed by atoms with van der Waals surface area (Å²) >= 11 is 0. The summed E-state index contributed by atoms with van der Waals surface area (Å²) in [5.74, 6) is 1.84. The molecule has 0 aliphatic carbocycles. The highest BCUT2D eigenvalue weighted by atomic mass is 31.1. The molecule has 0 radical (unpaired) electrons. The fourth-order valence-corrected chi connectivity index (χ4v) is 1.21. The molecule has 1 aliphatic rings. The third kappa shape index (κ3) is 1.42. The molecule has 1 N–H and O–H groups in total. The molecule has 1 nitrogen and oxygen atoms in total. The lowest BCUT2D eigenvalue weighted by Gasteiger charge is -2.01. The minimum atomic E-state index is -0.759. The van der Waals surface area contributed by atoms with Crippen molar-refractivity contribution in [2.45, 2.75) is 0 Å². The van der Waals surface area contributed by atoms with Crippen molar-refractivity contribution in [3.8, 4) is 0 Å². The van der Waals surface area contributed by atoms with Gasteiger partial charge in [-0.25, -0.2) is 0 Å². The largest absolute Gasteiger partial charge is 0.369 e. The molecule has 1 unspecified atom stereocenters. The highest BCUT2D eigenvalue weighted by molar-refractivity contribution is 7.55. The second kappa shape index (κ2) is 2.25. The number of rotatable bonds is 0. The number of hydrogen-bond acceptors (Lipinski definition) is 1. The van der Waals surface area contributed by atoms with Crippen molar-refractivity contribution in [2.75, 3.05) is 6.16 Å². The molecular formula is C5H7OP. The van der Waals surface area contributed by atoms with Crippen molar-refractivity contribution < 1.29 is 4.89 Å². The Bertz CT molecular complexity index is 107. The molecule has 0 spiro atoms. The zero-order chi connectivity index (χ0) is 5.11. The van der Waals surface area contributed by atoms with Crippen molar-refractivity contribution in [2.24, 2.45) is 0 Å². The molecule has 0 fully saturated rings. The van der Waals surface area contributed by atoms with Crippen LogP contribution in [0.3, 0.4) is 0 Å². The van der Waals surface area contributed by atoms with E-state index in [2.05, 4.69) is 0 Å². The van der Waals surface area contributed by atoms with Gasteiger partial charge in [0, 0.05) is 6.16 Å². The molecule has 0 aromatic rings. The summed E-state index contributed by atoms with van der Waals surface area (Å²) in [6.45, 7) is 0. The zero-order valence-corrected chi connectivity index (χ0v) is 4.81. The van der Waals surface area contributed by atoms with Gasteiger partial charge in [0.2, 0.25) is 0 Å². The molecular weight excluding hydrogens is 107 g/mol. The third-order valence-corrected chi connectivity index (χ3v) is 1.90. The average molecular weight is 114 g/mol. The van der Waals surface area contributed by atoms with E-state index in [0.717, 1.165) is 6.16 Å². The van der Waals surface area contributed by atoms with Gasteiger partial charge in [0.15, 0.2) is 0 Å². The normalized spacial score (nSPS) is 28.4. The second-order valence-electron chi connectivity index (χ2n) is 1.39. The van der Waals surface area contributed by atoms with Gasteiger partial charge in [-0.3, -0.25) is 0 Å². The predicted octanol–water partition coefficient (Wildman–Crippen LogP) is 1.46. The van der Waals surface area contributed by atoms with Gasteiger partial charge in [-0.1, -0.05) is 18.2 Å². The van der Waals surface area contributed by atoms with E-state index in [1.54, 1.807) is 0 Å². The Morgan fingerprint density at radius 2 is 2.29 bits per heavy atom. The van der Waals surface area contributed by atoms with Crippen molar-refractivity contribution in [1.82, 2.24) is 0 Å². The maximum atomic E-state index is 8.84. The van der Waals surface area contributed by atoms with Crippen LogP contribution < -0.4 is 0 Å². The van der Waals surface area contributed by atoms with Crippen LogP contribution >= 0.6 is 8.15 Å². The lowest BCUT2D eigenvalue weighted by Crippen LogP contribution is -1.76. The zero-order valence-electron chi connectivity index (χ0n) is 3.91. The van der Waals surface area contributed by atoms with Crippen LogP contribution in [0.4, 0.5) is 0 Å². The molecule has 1 rings (SSSR count). The standard InChI is InChI=1S/C5H7OP/c6-7-4-2-1-3-5-7/h1-4,6H,5H2. The molecule has 1 atom stereocenters. The van der Waals surface area contributed by atoms with Crippen LogP contribution in [0, 0.1) is 0 Å². The molecule has 0 saturated carbocycles. The molecule has 0 bridgehead atoms. The second-order valence-corrected chi connectivity index (χ2v) is 2.93. The van der Waals surface area contributed by atoms with Gasteiger partial charge in [0.05, 0.1) is 8.15 Å². The molecule has 2 heteroatoms. The fourth-order valence-electron chi connectivity index (χ4n) is 0.457. The van der Waals surface area contributed by atoms with Crippen LogP contribution in [0.1, 0.15) is 0 Å². The van der Waals surface area contributed by atoms with E-state index in [0.29, 0.717) is 0 Å². The van der Waals surface area contributed by atoms with Crippen LogP contribution in [0.25, 0.3) is 0 Å². The molecule has 7 heavy (non-hydrogen) atoms. The Labute approximate surface area is 44.2 Å². The third-order valence-electron chi connectivity index (χ3n) is 0.798. The molecule has 1 aliphatic heterocycles. The van der Waals surface area contributed by atoms with Crippen LogP contribution in [-0.4, -0.2) is 11.1 Å². The maximum absolute atomic E-state index is 8.84. The SMILES string of the molecule is OP1C=CC=CC1. The summed E-state index contributed by atoms with van der Waals surface area (Å²) in [6.07, 6.45) is 6.65. The van der Waals surface area contributed by atoms with Gasteiger partial charge in [-0.15, -0.1) is 0 Å². The van der Waals surface area contributed by atoms with Gasteiger partial charge >= 0.3 is 0 Å². The minimum absolute atomic E-state index is 0.759. The smallest absolute Gasteiger partial charge is 0.0528 e. The predicted molar refractivity (Wildman–Crippen MR) is 32.3 cm³/mol. The van der Waals surface area contributed by atoms with Crippen LogP contribution in [0.2, 0.25) is 0 Å². The summed E-state index contributed by atoms with van der Waals surface area (Å²) in [7, 11) is -0.759. The van der Waals surface area contributed by atoms with E-state index < -0.39 is 8.15 Å². The highest BCUT2D eigenvalue weighted by Gasteiger charge is 1.95. The van der Waals surface area contributed by atoms with Crippen LogP contribution in [0.15, 0.2) is 24.0 Å². The van der Waals surface area contributed by atoms with Gasteiger partial charge < -0.3 is 4.89 Å². The van der Waals surface area contributed by atoms with E-state index in [9.17, 15) is 0 Å². The summed E-state index contributed by atoms with van der Waals surface area (Å²) in [5, 5.41) is 0. The average Bonchev–Trinajstić information content (AvgIpc) is 1.69. The van der Waals surface area contributed by atoms with E-state index in [-0.39, 0.29) is 0 Å². The van der Waals surface area contributed by atoms with E-state index >= 15 is 0 Å². The highest BCUT2D eigenvalue weighted by Crippen LogP contribution is 2.33. The van der Waals surface area contributed by atoms with Crippen LogP contribution in [-0.2, 0) is 0 Å². The van der Waals surface area contributed by atoms with E-state index in [4.69, 9.17) is 4.89 Å². The summed E-state index contributed by atoms with van der Waals surface area (Å²) in [5.41, 5.74) is 0. The number of allylic oxidation sites excluding steroid dienone is 3. The first-order valence-corrected chi connectivity index (χ1v) is 3.73. The summed E-state index contributed by atoms with van der Waals surface area (Å²) in [6, 6.07) is 0. The van der Waals surface area contributed by atoms with Gasteiger partial charge in [0.25, 0.3) is 0 Å². The van der Waals surface area contributed by atoms with Crippen LogP contribution in [0.5, 0.6) is 0 Å². The fraction of sp³-hybridized carbons (Fsp3) is 0.200. The molecule has 1 heterocycles. The minimum Gasteiger partial charge on any atom is -0.369 e. The Morgan fingerprint density at radius 1 is 1.43 bits per heavy atom. The van der Waals surface area contributed by atoms with Gasteiger partial charge in [-0.05, 0) is 5.82 Å². The topological polar surface area (TPSA) is 20.2 Å². The van der Waals surface area contributed by atoms with Crippen molar-refractivity contribution in [1.29, 1.82) is 0 Å².